The molecule has 0 saturated carbocycles. The third-order valence-electron chi connectivity index (χ3n) is 2.41. The largest absolute Gasteiger partial charge is 0.409 e. The van der Waals surface area contributed by atoms with E-state index in [2.05, 4.69) is 5.16 Å². The molecular formula is C9H21N3O3S. The maximum atomic E-state index is 12.0. The van der Waals surface area contributed by atoms with E-state index < -0.39 is 14.8 Å². The number of oxime groups is 1. The highest BCUT2D eigenvalue weighted by Gasteiger charge is 2.35. The van der Waals surface area contributed by atoms with Crippen molar-refractivity contribution in [3.05, 3.63) is 0 Å². The normalized spacial score (nSPS) is 16.5. The third kappa shape index (κ3) is 3.34. The summed E-state index contributed by atoms with van der Waals surface area (Å²) in [6, 6.07) is -0.347. The van der Waals surface area contributed by atoms with Gasteiger partial charge in [-0.25, -0.2) is 12.7 Å². The molecule has 7 heteroatoms. The van der Waals surface area contributed by atoms with Gasteiger partial charge in [-0.3, -0.25) is 0 Å². The molecule has 3 N–H and O–H groups in total. The molecule has 0 bridgehead atoms. The van der Waals surface area contributed by atoms with E-state index in [0.717, 1.165) is 0 Å². The maximum absolute atomic E-state index is 12.0. The molecule has 0 rings (SSSR count). The fourth-order valence-electron chi connectivity index (χ4n) is 1.14. The van der Waals surface area contributed by atoms with E-state index in [1.54, 1.807) is 27.7 Å². The average molecular weight is 251 g/mol. The molecule has 6 nitrogen and oxygen atoms in total. The zero-order chi connectivity index (χ0) is 13.1. The van der Waals surface area contributed by atoms with Gasteiger partial charge in [0.25, 0.3) is 0 Å². The van der Waals surface area contributed by atoms with Gasteiger partial charge in [-0.05, 0) is 27.7 Å². The molecule has 96 valence electrons. The Kier molecular flexibility index (Phi) is 4.75. The summed E-state index contributed by atoms with van der Waals surface area (Å²) in [7, 11) is -1.89. The fraction of sp³-hybridized carbons (Fsp3) is 0.889. The Labute approximate surface area is 97.2 Å². The summed E-state index contributed by atoms with van der Waals surface area (Å²) in [5.41, 5.74) is 5.34. The van der Waals surface area contributed by atoms with Crippen LogP contribution in [0.1, 0.15) is 34.1 Å². The summed E-state index contributed by atoms with van der Waals surface area (Å²) in [6.45, 7) is 6.61. The van der Waals surface area contributed by atoms with Crippen molar-refractivity contribution < 1.29 is 13.6 Å². The molecule has 0 aromatic rings. The van der Waals surface area contributed by atoms with Crippen LogP contribution in [0, 0.1) is 0 Å². The molecule has 0 aliphatic heterocycles. The van der Waals surface area contributed by atoms with Crippen LogP contribution in [-0.2, 0) is 10.0 Å². The van der Waals surface area contributed by atoms with Crippen LogP contribution in [0.15, 0.2) is 5.16 Å². The van der Waals surface area contributed by atoms with Crippen LogP contribution >= 0.6 is 0 Å². The van der Waals surface area contributed by atoms with Gasteiger partial charge >= 0.3 is 0 Å². The molecule has 0 aliphatic carbocycles. The van der Waals surface area contributed by atoms with Crippen molar-refractivity contribution in [3.8, 4) is 0 Å². The molecule has 1 unspecified atom stereocenters. The van der Waals surface area contributed by atoms with E-state index in [0.29, 0.717) is 0 Å². The lowest BCUT2D eigenvalue weighted by Gasteiger charge is -2.30. The Balaban J connectivity index is 4.88. The Morgan fingerprint density at radius 1 is 1.50 bits per heavy atom. The second-order valence-electron chi connectivity index (χ2n) is 4.78. The van der Waals surface area contributed by atoms with Crippen molar-refractivity contribution >= 4 is 15.9 Å². The number of sulfonamides is 1. The van der Waals surface area contributed by atoms with Crippen LogP contribution < -0.4 is 5.73 Å². The van der Waals surface area contributed by atoms with Crippen LogP contribution in [0.2, 0.25) is 0 Å². The number of nitrogens with zero attached hydrogens (tertiary/aromatic N) is 2. The summed E-state index contributed by atoms with van der Waals surface area (Å²) in [5.74, 6) is 0.0171. The van der Waals surface area contributed by atoms with Crippen LogP contribution in [0.5, 0.6) is 0 Å². The van der Waals surface area contributed by atoms with E-state index in [4.69, 9.17) is 10.9 Å². The second-order valence-corrected chi connectivity index (χ2v) is 7.53. The first-order valence-electron chi connectivity index (χ1n) is 4.98. The van der Waals surface area contributed by atoms with E-state index in [1.165, 1.54) is 11.4 Å². The van der Waals surface area contributed by atoms with Crippen molar-refractivity contribution in [3.63, 3.8) is 0 Å². The third-order valence-corrected chi connectivity index (χ3v) is 5.07. The lowest BCUT2D eigenvalue weighted by atomic mass is 10.2. The topological polar surface area (TPSA) is 96.0 Å². The minimum absolute atomic E-state index is 0.0171. The molecule has 0 radical (unpaired) electrons. The standard InChI is InChI=1S/C9H21N3O3S/c1-7(6-8(10)11-13)12(5)16(14,15)9(2,3)4/h7,13H,6H2,1-5H3,(H2,10,11). The Hall–Kier alpha value is -0.820. The van der Waals surface area contributed by atoms with Gasteiger partial charge in [0.15, 0.2) is 0 Å². The Morgan fingerprint density at radius 2 is 1.94 bits per heavy atom. The van der Waals surface area contributed by atoms with Gasteiger partial charge in [-0.2, -0.15) is 0 Å². The van der Waals surface area contributed by atoms with Gasteiger partial charge in [0, 0.05) is 19.5 Å². The zero-order valence-corrected chi connectivity index (χ0v) is 11.2. The minimum Gasteiger partial charge on any atom is -0.409 e. The summed E-state index contributed by atoms with van der Waals surface area (Å²) in [6.07, 6.45) is 0.197. The highest BCUT2D eigenvalue weighted by molar-refractivity contribution is 7.90. The molecule has 0 aromatic carbocycles. The van der Waals surface area contributed by atoms with Crippen molar-refractivity contribution in [1.29, 1.82) is 0 Å². The number of hydrogen-bond donors (Lipinski definition) is 2. The fourth-order valence-corrected chi connectivity index (χ4v) is 2.55. The molecule has 16 heavy (non-hydrogen) atoms. The van der Waals surface area contributed by atoms with E-state index in [9.17, 15) is 8.42 Å². The minimum atomic E-state index is -3.39. The molecule has 0 aromatic heterocycles. The summed E-state index contributed by atoms with van der Waals surface area (Å²) in [5, 5.41) is 11.3. The van der Waals surface area contributed by atoms with Gasteiger partial charge in [0.2, 0.25) is 10.0 Å². The van der Waals surface area contributed by atoms with Crippen LogP contribution in [0.4, 0.5) is 0 Å². The predicted octanol–water partition coefficient (Wildman–Crippen LogP) is 0.572. The lowest BCUT2D eigenvalue weighted by Crippen LogP contribution is -2.46. The van der Waals surface area contributed by atoms with Gasteiger partial charge in [-0.1, -0.05) is 5.16 Å². The molecule has 0 heterocycles. The first-order chi connectivity index (χ1) is 7.04. The van der Waals surface area contributed by atoms with Gasteiger partial charge < -0.3 is 10.9 Å². The van der Waals surface area contributed by atoms with Crippen molar-refractivity contribution in [2.24, 2.45) is 10.9 Å². The average Bonchev–Trinajstić information content (AvgIpc) is 2.14. The van der Waals surface area contributed by atoms with Crippen molar-refractivity contribution in [2.75, 3.05) is 7.05 Å². The predicted molar refractivity (Wildman–Crippen MR) is 63.9 cm³/mol. The quantitative estimate of drug-likeness (QED) is 0.330. The highest BCUT2D eigenvalue weighted by Crippen LogP contribution is 2.21. The number of amidine groups is 1. The molecule has 0 fully saturated rings. The van der Waals surface area contributed by atoms with E-state index >= 15 is 0 Å². The van der Waals surface area contributed by atoms with Gasteiger partial charge in [-0.15, -0.1) is 0 Å². The van der Waals surface area contributed by atoms with Crippen molar-refractivity contribution in [2.45, 2.75) is 44.9 Å². The van der Waals surface area contributed by atoms with Crippen molar-refractivity contribution in [1.82, 2.24) is 4.31 Å². The molecule has 0 saturated heterocycles. The zero-order valence-electron chi connectivity index (χ0n) is 10.4. The number of nitrogens with two attached hydrogens (primary N) is 1. The Bertz CT molecular complexity index is 357. The van der Waals surface area contributed by atoms with Crippen LogP contribution in [-0.4, -0.2) is 41.6 Å². The van der Waals surface area contributed by atoms with Crippen LogP contribution in [0.3, 0.4) is 0 Å². The molecule has 0 aliphatic rings. The number of rotatable bonds is 4. The summed E-state index contributed by atoms with van der Waals surface area (Å²) >= 11 is 0. The summed E-state index contributed by atoms with van der Waals surface area (Å²) < 4.78 is 24.5. The highest BCUT2D eigenvalue weighted by atomic mass is 32.2. The smallest absolute Gasteiger partial charge is 0.219 e. The van der Waals surface area contributed by atoms with E-state index in [1.807, 2.05) is 0 Å². The molecule has 0 spiro atoms. The monoisotopic (exact) mass is 251 g/mol. The van der Waals surface area contributed by atoms with Gasteiger partial charge in [0.05, 0.1) is 4.75 Å². The lowest BCUT2D eigenvalue weighted by molar-refractivity contribution is 0.313. The number of hydrogen-bond acceptors (Lipinski definition) is 4. The van der Waals surface area contributed by atoms with Gasteiger partial charge in [0.1, 0.15) is 5.84 Å². The molecule has 1 atom stereocenters. The second kappa shape index (κ2) is 5.01. The molecule has 0 amide bonds. The van der Waals surface area contributed by atoms with E-state index in [-0.39, 0.29) is 18.3 Å². The maximum Gasteiger partial charge on any atom is 0.219 e. The molecular weight excluding hydrogens is 230 g/mol. The van der Waals surface area contributed by atoms with Crippen LogP contribution in [0.25, 0.3) is 0 Å². The SMILES string of the molecule is CC(CC(N)=NO)N(C)S(=O)(=O)C(C)(C)C. The summed E-state index contributed by atoms with van der Waals surface area (Å²) in [4.78, 5) is 0. The Morgan fingerprint density at radius 3 is 2.25 bits per heavy atom. The first-order valence-corrected chi connectivity index (χ1v) is 6.42. The first kappa shape index (κ1) is 15.2.